The number of ether oxygens (including phenoxy) is 2. The summed E-state index contributed by atoms with van der Waals surface area (Å²) in [6, 6.07) is 7.56. The molecule has 3 aliphatic heterocycles. The van der Waals surface area contributed by atoms with E-state index >= 15 is 0 Å². The number of hydroxylamine groups is 3. The molecule has 0 radical (unpaired) electrons. The zero-order valence-electron chi connectivity index (χ0n) is 30.8. The lowest BCUT2D eigenvalue weighted by Gasteiger charge is -2.30. The summed E-state index contributed by atoms with van der Waals surface area (Å²) in [5.74, 6) is -1.85. The number of nitrogens with zero attached hydrogens (tertiary/aromatic N) is 5. The average molecular weight is 729 g/mol. The van der Waals surface area contributed by atoms with Gasteiger partial charge >= 0.3 is 23.7 Å². The molecule has 1 atom stereocenters. The van der Waals surface area contributed by atoms with Gasteiger partial charge in [0.05, 0.1) is 31.5 Å². The number of aliphatic carboxylic acids is 1. The van der Waals surface area contributed by atoms with Crippen molar-refractivity contribution >= 4 is 23.6 Å². The van der Waals surface area contributed by atoms with E-state index in [1.165, 1.54) is 12.3 Å². The second-order valence-corrected chi connectivity index (χ2v) is 14.9. The second-order valence-electron chi connectivity index (χ2n) is 14.9. The van der Waals surface area contributed by atoms with Crippen molar-refractivity contribution in [2.75, 3.05) is 70.8 Å². The summed E-state index contributed by atoms with van der Waals surface area (Å²) in [6.45, 7) is 14.8. The molecule has 1 unspecified atom stereocenters. The molecule has 3 heterocycles. The smallest absolute Gasteiger partial charge is 0.355 e. The number of esters is 2. The molecule has 0 saturated carbocycles. The number of anilines is 1. The molecule has 1 fully saturated rings. The van der Waals surface area contributed by atoms with Crippen LogP contribution in [0.5, 0.6) is 0 Å². The van der Waals surface area contributed by atoms with Crippen LogP contribution in [0.2, 0.25) is 0 Å². The third-order valence-electron chi connectivity index (χ3n) is 8.11. The highest BCUT2D eigenvalue weighted by Crippen LogP contribution is 2.29. The van der Waals surface area contributed by atoms with Gasteiger partial charge in [0.15, 0.2) is 0 Å². The van der Waals surface area contributed by atoms with E-state index in [4.69, 9.17) is 14.4 Å². The van der Waals surface area contributed by atoms with Crippen molar-refractivity contribution in [3.05, 3.63) is 75.5 Å². The zero-order valence-corrected chi connectivity index (χ0v) is 30.8. The first-order chi connectivity index (χ1) is 24.4. The van der Waals surface area contributed by atoms with E-state index in [2.05, 4.69) is 21.0 Å². The standard InChI is InChI=1S/C35H52N8O9/c1-34(2,3)50-32(46)21-36-27(19-25-7-9-26(10-8-25)38-28-11-12-30(43(48)49)42-29(28)20-37-52-42)22-39-13-15-40(23-31(44)45)16-18-41(17-14-39)24-33(47)51-35(4,5)6/h7-12,20,27,36-38H,13-19,21-24H2,1-6H3,(H,44,45). The quantitative estimate of drug-likeness (QED) is 0.123. The van der Waals surface area contributed by atoms with Crippen molar-refractivity contribution < 1.29 is 38.8 Å². The minimum Gasteiger partial charge on any atom is -0.480 e. The summed E-state index contributed by atoms with van der Waals surface area (Å²) in [7, 11) is 0. The Morgan fingerprint density at radius 1 is 0.904 bits per heavy atom. The number of fused-ring (bicyclic) bond motifs is 1. The van der Waals surface area contributed by atoms with Gasteiger partial charge in [0, 0.05) is 63.6 Å². The minimum atomic E-state index is -0.917. The third kappa shape index (κ3) is 13.2. The maximum Gasteiger partial charge on any atom is 0.355 e. The summed E-state index contributed by atoms with van der Waals surface area (Å²) in [6.07, 6.45) is 5.05. The van der Waals surface area contributed by atoms with E-state index in [1.807, 2.05) is 75.6 Å². The largest absolute Gasteiger partial charge is 0.480 e. The Morgan fingerprint density at radius 3 is 2.06 bits per heavy atom. The van der Waals surface area contributed by atoms with Crippen molar-refractivity contribution in [3.8, 4) is 0 Å². The van der Waals surface area contributed by atoms with Crippen molar-refractivity contribution in [1.29, 1.82) is 0 Å². The summed E-state index contributed by atoms with van der Waals surface area (Å²) in [5, 5.41) is 28.7. The number of carboxylic acids is 1. The van der Waals surface area contributed by atoms with Crippen LogP contribution in [-0.2, 0) is 35.2 Å². The number of nitrogens with one attached hydrogen (secondary N) is 3. The van der Waals surface area contributed by atoms with E-state index in [0.717, 1.165) is 16.3 Å². The lowest BCUT2D eigenvalue weighted by molar-refractivity contribution is -0.465. The van der Waals surface area contributed by atoms with Gasteiger partial charge in [-0.3, -0.25) is 29.1 Å². The Hall–Kier alpha value is -4.55. The van der Waals surface area contributed by atoms with Crippen molar-refractivity contribution in [2.45, 2.75) is 65.2 Å². The fourth-order valence-electron chi connectivity index (χ4n) is 5.86. The van der Waals surface area contributed by atoms with E-state index in [1.54, 1.807) is 6.08 Å². The topological polar surface area (TPSA) is 191 Å². The van der Waals surface area contributed by atoms with Crippen LogP contribution in [0.1, 0.15) is 47.1 Å². The number of nitro groups is 1. The lowest BCUT2D eigenvalue weighted by Crippen LogP contribution is -2.48. The van der Waals surface area contributed by atoms with Crippen LogP contribution in [-0.4, -0.2) is 130 Å². The molecule has 4 rings (SSSR count). The Morgan fingerprint density at radius 2 is 1.48 bits per heavy atom. The van der Waals surface area contributed by atoms with Crippen LogP contribution in [0, 0.1) is 10.1 Å². The molecule has 1 aromatic rings. The molecular weight excluding hydrogens is 676 g/mol. The molecular formula is C35H52N8O9. The molecule has 52 heavy (non-hydrogen) atoms. The summed E-state index contributed by atoms with van der Waals surface area (Å²) in [4.78, 5) is 59.2. The maximum atomic E-state index is 12.7. The van der Waals surface area contributed by atoms with Gasteiger partial charge < -0.3 is 35.3 Å². The molecule has 17 heteroatoms. The fraction of sp³-hybridized carbons (Fsp3) is 0.571. The average Bonchev–Trinajstić information content (AvgIpc) is 3.54. The monoisotopic (exact) mass is 728 g/mol. The van der Waals surface area contributed by atoms with Crippen molar-refractivity contribution in [2.24, 2.45) is 0 Å². The van der Waals surface area contributed by atoms with E-state index in [0.29, 0.717) is 63.6 Å². The SMILES string of the molecule is CC(C)(C)OC(=O)CNC(Cc1ccc(NC2=CC=C([N+](=O)[O-])N3ONC=C23)cc1)CN1CCN(CC(=O)O)CCN(CC(=O)OC(C)(C)C)CC1. The molecule has 286 valence electrons. The number of carbonyl (C=O) groups excluding carboxylic acids is 2. The number of rotatable bonds is 14. The van der Waals surface area contributed by atoms with Crippen molar-refractivity contribution in [1.82, 2.24) is 30.6 Å². The molecule has 0 aromatic heterocycles. The number of carbonyl (C=O) groups is 3. The Labute approximate surface area is 304 Å². The van der Waals surface area contributed by atoms with Crippen LogP contribution in [0.15, 0.2) is 59.8 Å². The van der Waals surface area contributed by atoms with Gasteiger partial charge in [-0.1, -0.05) is 17.1 Å². The summed E-state index contributed by atoms with van der Waals surface area (Å²) < 4.78 is 11.1. The van der Waals surface area contributed by atoms with Gasteiger partial charge in [-0.25, -0.2) is 5.48 Å². The van der Waals surface area contributed by atoms with Gasteiger partial charge in [0.1, 0.15) is 11.2 Å². The summed E-state index contributed by atoms with van der Waals surface area (Å²) >= 11 is 0. The first-order valence-corrected chi connectivity index (χ1v) is 17.4. The van der Waals surface area contributed by atoms with Gasteiger partial charge in [-0.15, -0.1) is 0 Å². The molecule has 0 amide bonds. The minimum absolute atomic E-state index is 0.000844. The Bertz CT molecular complexity index is 1530. The highest BCUT2D eigenvalue weighted by atomic mass is 16.8. The molecule has 0 bridgehead atoms. The van der Waals surface area contributed by atoms with Crippen molar-refractivity contribution in [3.63, 3.8) is 0 Å². The van der Waals surface area contributed by atoms with E-state index < -0.39 is 22.1 Å². The first kappa shape index (κ1) is 40.2. The molecule has 4 N–H and O–H groups in total. The molecule has 3 aliphatic rings. The third-order valence-corrected chi connectivity index (χ3v) is 8.11. The van der Waals surface area contributed by atoms with Crippen LogP contribution >= 0.6 is 0 Å². The fourth-order valence-corrected chi connectivity index (χ4v) is 5.86. The van der Waals surface area contributed by atoms with Gasteiger partial charge in [-0.05, 0) is 81.7 Å². The van der Waals surface area contributed by atoms with Crippen LogP contribution in [0.25, 0.3) is 0 Å². The molecule has 0 aliphatic carbocycles. The molecule has 1 aromatic carbocycles. The van der Waals surface area contributed by atoms with Crippen LogP contribution in [0.4, 0.5) is 5.69 Å². The number of hydrogen-bond donors (Lipinski definition) is 4. The highest BCUT2D eigenvalue weighted by molar-refractivity contribution is 5.72. The van der Waals surface area contributed by atoms with Gasteiger partial charge in [0.25, 0.3) is 0 Å². The lowest BCUT2D eigenvalue weighted by atomic mass is 10.0. The van der Waals surface area contributed by atoms with E-state index in [9.17, 15) is 29.6 Å². The summed E-state index contributed by atoms with van der Waals surface area (Å²) in [5.41, 5.74) is 4.10. The first-order valence-electron chi connectivity index (χ1n) is 17.4. The zero-order chi connectivity index (χ0) is 38.1. The highest BCUT2D eigenvalue weighted by Gasteiger charge is 2.37. The van der Waals surface area contributed by atoms with E-state index in [-0.39, 0.29) is 43.4 Å². The predicted octanol–water partition coefficient (Wildman–Crippen LogP) is 1.90. The van der Waals surface area contributed by atoms with Crippen LogP contribution < -0.4 is 16.1 Å². The van der Waals surface area contributed by atoms with Gasteiger partial charge in [0.2, 0.25) is 5.70 Å². The van der Waals surface area contributed by atoms with Crippen LogP contribution in [0.3, 0.4) is 0 Å². The molecule has 0 spiro atoms. The second kappa shape index (κ2) is 17.8. The molecule has 17 nitrogen and oxygen atoms in total. The number of allylic oxidation sites excluding steroid dienone is 2. The Kier molecular flexibility index (Phi) is 13.8. The number of carboxylic acid groups (broad SMARTS) is 1. The molecule has 1 saturated heterocycles. The normalized spacial score (nSPS) is 18.3. The Balaban J connectivity index is 1.48. The number of benzene rings is 1. The number of hydrogen-bond acceptors (Lipinski definition) is 15. The predicted molar refractivity (Wildman–Crippen MR) is 192 cm³/mol. The maximum absolute atomic E-state index is 12.7. The van der Waals surface area contributed by atoms with Gasteiger partial charge in [-0.2, -0.15) is 0 Å².